The highest BCUT2D eigenvalue weighted by Gasteiger charge is 2.40. The second-order valence-corrected chi connectivity index (χ2v) is 6.00. The van der Waals surface area contributed by atoms with Gasteiger partial charge in [-0.1, -0.05) is 6.92 Å². The molecule has 0 aromatic heterocycles. The molecule has 4 nitrogen and oxygen atoms in total. The fraction of sp³-hybridized carbons (Fsp3) is 0.833. The monoisotopic (exact) mass is 258 g/mol. The lowest BCUT2D eigenvalue weighted by Gasteiger charge is -2.21. The Hall–Kier alpha value is -0.550. The second-order valence-electron chi connectivity index (χ2n) is 4.68. The van der Waals surface area contributed by atoms with Crippen molar-refractivity contribution in [3.8, 4) is 0 Å². The number of carbonyl (C=O) groups is 2. The zero-order valence-corrected chi connectivity index (χ0v) is 11.8. The maximum Gasteiger partial charge on any atom is 0.247 e. The average Bonchev–Trinajstić information content (AvgIpc) is 2.51. The van der Waals surface area contributed by atoms with Crippen molar-refractivity contribution >= 4 is 23.6 Å². The molecule has 98 valence electrons. The molecule has 2 unspecified atom stereocenters. The number of rotatable bonds is 6. The van der Waals surface area contributed by atoms with Gasteiger partial charge in [0.25, 0.3) is 0 Å². The highest BCUT2D eigenvalue weighted by atomic mass is 32.2. The summed E-state index contributed by atoms with van der Waals surface area (Å²) in [6, 6.07) is -0.103. The Balaban J connectivity index is 2.51. The molecule has 1 heterocycles. The van der Waals surface area contributed by atoms with Gasteiger partial charge in [0.15, 0.2) is 0 Å². The van der Waals surface area contributed by atoms with Gasteiger partial charge in [0.05, 0.1) is 12.5 Å². The van der Waals surface area contributed by atoms with Gasteiger partial charge in [0.1, 0.15) is 0 Å². The lowest BCUT2D eigenvalue weighted by molar-refractivity contribution is -0.140. The lowest BCUT2D eigenvalue weighted by Crippen LogP contribution is -2.45. The zero-order chi connectivity index (χ0) is 13.0. The number of amides is 2. The summed E-state index contributed by atoms with van der Waals surface area (Å²) in [5.74, 6) is 1.91. The second kappa shape index (κ2) is 6.40. The Morgan fingerprint density at radius 2 is 2.06 bits per heavy atom. The Bertz CT molecular complexity index is 294. The molecular formula is C12H22N2O2S. The normalized spacial score (nSPS) is 22.6. The number of hydrogen-bond acceptors (Lipinski definition) is 4. The SMILES string of the molecule is CCSCC(C)NC1CC(=O)N(C(C)C)C1=O. The number of nitrogens with zero attached hydrogens (tertiary/aromatic N) is 1. The molecule has 1 rings (SSSR count). The van der Waals surface area contributed by atoms with E-state index in [1.165, 1.54) is 4.90 Å². The van der Waals surface area contributed by atoms with Gasteiger partial charge in [-0.3, -0.25) is 14.5 Å². The standard InChI is InChI=1S/C12H22N2O2S/c1-5-17-7-9(4)13-10-6-11(15)14(8(2)3)12(10)16/h8-10,13H,5-7H2,1-4H3. The van der Waals surface area contributed by atoms with Crippen LogP contribution in [0.25, 0.3) is 0 Å². The highest BCUT2D eigenvalue weighted by molar-refractivity contribution is 7.99. The molecule has 0 bridgehead atoms. The molecule has 0 aromatic carbocycles. The molecule has 1 fully saturated rings. The van der Waals surface area contributed by atoms with E-state index in [4.69, 9.17) is 0 Å². The third kappa shape index (κ3) is 3.71. The molecule has 1 N–H and O–H groups in total. The van der Waals surface area contributed by atoms with Crippen molar-refractivity contribution in [2.45, 2.75) is 52.2 Å². The van der Waals surface area contributed by atoms with Crippen LogP contribution >= 0.6 is 11.8 Å². The Kier molecular flexibility index (Phi) is 5.46. The number of likely N-dealkylation sites (tertiary alicyclic amines) is 1. The third-order valence-electron chi connectivity index (χ3n) is 2.76. The summed E-state index contributed by atoms with van der Waals surface area (Å²) in [5.41, 5.74) is 0. The van der Waals surface area contributed by atoms with Gasteiger partial charge < -0.3 is 5.32 Å². The molecule has 1 aliphatic heterocycles. The molecule has 1 saturated heterocycles. The predicted octanol–water partition coefficient (Wildman–Crippen LogP) is 1.25. The van der Waals surface area contributed by atoms with E-state index in [1.807, 2.05) is 25.6 Å². The Morgan fingerprint density at radius 1 is 1.41 bits per heavy atom. The topological polar surface area (TPSA) is 49.4 Å². The summed E-state index contributed by atoms with van der Waals surface area (Å²) in [6.45, 7) is 7.91. The first-order valence-electron chi connectivity index (χ1n) is 6.17. The number of nitrogens with one attached hydrogen (secondary N) is 1. The van der Waals surface area contributed by atoms with E-state index in [0.29, 0.717) is 6.42 Å². The maximum atomic E-state index is 12.0. The van der Waals surface area contributed by atoms with E-state index in [1.54, 1.807) is 0 Å². The van der Waals surface area contributed by atoms with Crippen molar-refractivity contribution in [2.75, 3.05) is 11.5 Å². The maximum absolute atomic E-state index is 12.0. The van der Waals surface area contributed by atoms with E-state index >= 15 is 0 Å². The summed E-state index contributed by atoms with van der Waals surface area (Å²) in [5, 5.41) is 3.25. The first-order valence-corrected chi connectivity index (χ1v) is 7.32. The van der Waals surface area contributed by atoms with E-state index < -0.39 is 0 Å². The van der Waals surface area contributed by atoms with Crippen LogP contribution in [-0.2, 0) is 9.59 Å². The van der Waals surface area contributed by atoms with Crippen LogP contribution in [0.2, 0.25) is 0 Å². The van der Waals surface area contributed by atoms with Crippen molar-refractivity contribution < 1.29 is 9.59 Å². The quantitative estimate of drug-likeness (QED) is 0.729. The van der Waals surface area contributed by atoms with Crippen LogP contribution in [0.15, 0.2) is 0 Å². The van der Waals surface area contributed by atoms with Gasteiger partial charge in [-0.25, -0.2) is 0 Å². The van der Waals surface area contributed by atoms with Crippen LogP contribution in [0.1, 0.15) is 34.1 Å². The minimum atomic E-state index is -0.322. The number of thioether (sulfide) groups is 1. The summed E-state index contributed by atoms with van der Waals surface area (Å²) in [7, 11) is 0. The molecule has 0 spiro atoms. The first-order chi connectivity index (χ1) is 7.97. The molecule has 17 heavy (non-hydrogen) atoms. The molecule has 1 aliphatic rings. The van der Waals surface area contributed by atoms with Crippen LogP contribution in [0.5, 0.6) is 0 Å². The molecule has 0 aromatic rings. The minimum absolute atomic E-state index is 0.0397. The largest absolute Gasteiger partial charge is 0.302 e. The average molecular weight is 258 g/mol. The van der Waals surface area contributed by atoms with Crippen LogP contribution in [0, 0.1) is 0 Å². The Morgan fingerprint density at radius 3 is 2.53 bits per heavy atom. The first kappa shape index (κ1) is 14.5. The van der Waals surface area contributed by atoms with Crippen LogP contribution < -0.4 is 5.32 Å². The van der Waals surface area contributed by atoms with Gasteiger partial charge >= 0.3 is 0 Å². The zero-order valence-electron chi connectivity index (χ0n) is 11.0. The van der Waals surface area contributed by atoms with Crippen molar-refractivity contribution in [3.63, 3.8) is 0 Å². The van der Waals surface area contributed by atoms with E-state index in [-0.39, 0.29) is 29.9 Å². The van der Waals surface area contributed by atoms with Gasteiger partial charge in [-0.15, -0.1) is 0 Å². The van der Waals surface area contributed by atoms with Gasteiger partial charge in [-0.05, 0) is 26.5 Å². The summed E-state index contributed by atoms with van der Waals surface area (Å²) in [6.07, 6.45) is 0.304. The van der Waals surface area contributed by atoms with Gasteiger partial charge in [0, 0.05) is 17.8 Å². The highest BCUT2D eigenvalue weighted by Crippen LogP contribution is 2.17. The molecule has 2 amide bonds. The molecule has 0 radical (unpaired) electrons. The fourth-order valence-corrected chi connectivity index (χ4v) is 2.70. The van der Waals surface area contributed by atoms with E-state index in [2.05, 4.69) is 19.2 Å². The van der Waals surface area contributed by atoms with Crippen LogP contribution in [-0.4, -0.2) is 46.3 Å². The van der Waals surface area contributed by atoms with Crippen LogP contribution in [0.3, 0.4) is 0 Å². The van der Waals surface area contributed by atoms with Crippen LogP contribution in [0.4, 0.5) is 0 Å². The summed E-state index contributed by atoms with van der Waals surface area (Å²) >= 11 is 1.84. The van der Waals surface area contributed by atoms with E-state index in [9.17, 15) is 9.59 Å². The minimum Gasteiger partial charge on any atom is -0.302 e. The smallest absolute Gasteiger partial charge is 0.247 e. The fourth-order valence-electron chi connectivity index (χ4n) is 2.01. The third-order valence-corrected chi connectivity index (χ3v) is 3.90. The lowest BCUT2D eigenvalue weighted by atomic mass is 10.2. The Labute approximate surface area is 108 Å². The molecule has 0 aliphatic carbocycles. The summed E-state index contributed by atoms with van der Waals surface area (Å²) in [4.78, 5) is 25.1. The van der Waals surface area contributed by atoms with Crippen molar-refractivity contribution in [2.24, 2.45) is 0 Å². The van der Waals surface area contributed by atoms with Crippen molar-refractivity contribution in [1.29, 1.82) is 0 Å². The molecule has 2 atom stereocenters. The molecule has 0 saturated carbocycles. The van der Waals surface area contributed by atoms with Gasteiger partial charge in [0.2, 0.25) is 11.8 Å². The van der Waals surface area contributed by atoms with Crippen molar-refractivity contribution in [3.05, 3.63) is 0 Å². The number of carbonyl (C=O) groups excluding carboxylic acids is 2. The summed E-state index contributed by atoms with van der Waals surface area (Å²) < 4.78 is 0. The molecule has 5 heteroatoms. The van der Waals surface area contributed by atoms with Gasteiger partial charge in [-0.2, -0.15) is 11.8 Å². The molecular weight excluding hydrogens is 236 g/mol. The predicted molar refractivity (Wildman–Crippen MR) is 71.0 cm³/mol. The van der Waals surface area contributed by atoms with Crippen molar-refractivity contribution in [1.82, 2.24) is 10.2 Å². The van der Waals surface area contributed by atoms with E-state index in [0.717, 1.165) is 11.5 Å². The number of imide groups is 1. The number of hydrogen-bond donors (Lipinski definition) is 1.